The highest BCUT2D eigenvalue weighted by Crippen LogP contribution is 2.29. The third-order valence-corrected chi connectivity index (χ3v) is 3.89. The zero-order valence-corrected chi connectivity index (χ0v) is 12.4. The van der Waals surface area contributed by atoms with E-state index in [0.717, 1.165) is 11.3 Å². The maximum Gasteiger partial charge on any atom is 0.341 e. The van der Waals surface area contributed by atoms with Gasteiger partial charge in [-0.1, -0.05) is 6.92 Å². The number of nitrogens with one attached hydrogen (secondary N) is 3. The number of hydrogen-bond donors (Lipinski definition) is 3. The molecule has 0 atom stereocenters. The van der Waals surface area contributed by atoms with Gasteiger partial charge < -0.3 is 20.0 Å². The lowest BCUT2D eigenvalue weighted by Gasteiger charge is -2.04. The van der Waals surface area contributed by atoms with Gasteiger partial charge in [0.1, 0.15) is 10.7 Å². The number of aromatic amines is 2. The number of H-pyrrole nitrogens is 2. The normalized spacial score (nSPS) is 10.4. The molecular formula is C13H15N3O4S. The van der Waals surface area contributed by atoms with Gasteiger partial charge >= 0.3 is 11.7 Å². The molecule has 0 unspecified atom stereocenters. The van der Waals surface area contributed by atoms with Crippen LogP contribution in [0.5, 0.6) is 0 Å². The quantitative estimate of drug-likeness (QED) is 0.732. The van der Waals surface area contributed by atoms with Crippen molar-refractivity contribution in [2.75, 3.05) is 11.9 Å². The number of amides is 1. The first kappa shape index (κ1) is 15.0. The Morgan fingerprint density at radius 2 is 2.14 bits per heavy atom. The molecule has 7 nitrogen and oxygen atoms in total. The number of carbonyl (C=O) groups excluding carboxylic acids is 2. The summed E-state index contributed by atoms with van der Waals surface area (Å²) in [4.78, 5) is 40.6. The minimum absolute atomic E-state index is 0.0984. The lowest BCUT2D eigenvalue weighted by molar-refractivity contribution is 0.0528. The van der Waals surface area contributed by atoms with Crippen molar-refractivity contribution in [3.05, 3.63) is 38.9 Å². The molecule has 0 aliphatic rings. The standard InChI is InChI=1S/C13H15N3O4S/c1-3-7-5-8(12(18)20-4-2)11(21-7)16-10(17)9-6-14-13(19)15-9/h5-6H,3-4H2,1-2H3,(H,16,17)(H2,14,15,19). The van der Waals surface area contributed by atoms with Crippen molar-refractivity contribution in [1.82, 2.24) is 9.97 Å². The number of thiophene rings is 1. The van der Waals surface area contributed by atoms with Gasteiger partial charge in [-0.25, -0.2) is 9.59 Å². The number of carbonyl (C=O) groups is 2. The first-order chi connectivity index (χ1) is 10.0. The predicted octanol–water partition coefficient (Wildman–Crippen LogP) is 1.76. The lowest BCUT2D eigenvalue weighted by atomic mass is 10.2. The zero-order valence-electron chi connectivity index (χ0n) is 11.6. The number of aryl methyl sites for hydroxylation is 1. The van der Waals surface area contributed by atoms with E-state index in [-0.39, 0.29) is 12.3 Å². The summed E-state index contributed by atoms with van der Waals surface area (Å²) in [6.45, 7) is 3.93. The lowest BCUT2D eigenvalue weighted by Crippen LogP contribution is -2.15. The van der Waals surface area contributed by atoms with E-state index >= 15 is 0 Å². The molecule has 1 amide bonds. The Morgan fingerprint density at radius 1 is 1.38 bits per heavy atom. The Kier molecular flexibility index (Phi) is 4.59. The Balaban J connectivity index is 2.26. The Bertz CT molecular complexity index is 713. The monoisotopic (exact) mass is 309 g/mol. The fourth-order valence-electron chi connectivity index (χ4n) is 1.69. The molecule has 0 bridgehead atoms. The molecule has 0 radical (unpaired) electrons. The van der Waals surface area contributed by atoms with Crippen LogP contribution < -0.4 is 11.0 Å². The van der Waals surface area contributed by atoms with E-state index < -0.39 is 17.6 Å². The number of hydrogen-bond acceptors (Lipinski definition) is 5. The molecule has 0 saturated heterocycles. The fourth-order valence-corrected chi connectivity index (χ4v) is 2.67. The van der Waals surface area contributed by atoms with E-state index in [0.29, 0.717) is 10.6 Å². The van der Waals surface area contributed by atoms with Gasteiger partial charge in [0.15, 0.2) is 0 Å². The number of aromatic nitrogens is 2. The van der Waals surface area contributed by atoms with Crippen LogP contribution >= 0.6 is 11.3 Å². The number of imidazole rings is 1. The molecule has 0 fully saturated rings. The van der Waals surface area contributed by atoms with Crippen molar-refractivity contribution in [3.8, 4) is 0 Å². The van der Waals surface area contributed by atoms with Crippen LogP contribution in [-0.4, -0.2) is 28.5 Å². The molecular weight excluding hydrogens is 294 g/mol. The van der Waals surface area contributed by atoms with Crippen LogP contribution in [0.4, 0.5) is 5.00 Å². The summed E-state index contributed by atoms with van der Waals surface area (Å²) >= 11 is 1.31. The van der Waals surface area contributed by atoms with Gasteiger partial charge in [-0.3, -0.25) is 4.79 Å². The molecule has 112 valence electrons. The van der Waals surface area contributed by atoms with Gasteiger partial charge in [0.05, 0.1) is 12.2 Å². The summed E-state index contributed by atoms with van der Waals surface area (Å²) in [5.74, 6) is -0.977. The van der Waals surface area contributed by atoms with Crippen molar-refractivity contribution in [3.63, 3.8) is 0 Å². The maximum atomic E-state index is 12.0. The first-order valence-electron chi connectivity index (χ1n) is 6.44. The molecule has 0 aliphatic carbocycles. The zero-order chi connectivity index (χ0) is 15.4. The van der Waals surface area contributed by atoms with Crippen molar-refractivity contribution < 1.29 is 14.3 Å². The van der Waals surface area contributed by atoms with Crippen molar-refractivity contribution >= 4 is 28.2 Å². The molecule has 21 heavy (non-hydrogen) atoms. The van der Waals surface area contributed by atoms with E-state index in [1.54, 1.807) is 13.0 Å². The average Bonchev–Trinajstić information content (AvgIpc) is 3.05. The van der Waals surface area contributed by atoms with Crippen LogP contribution in [0.2, 0.25) is 0 Å². The maximum absolute atomic E-state index is 12.0. The fraction of sp³-hybridized carbons (Fsp3) is 0.308. The van der Waals surface area contributed by atoms with Crippen LogP contribution in [0, 0.1) is 0 Å². The Labute approximate surface area is 124 Å². The van der Waals surface area contributed by atoms with Crippen molar-refractivity contribution in [1.29, 1.82) is 0 Å². The van der Waals surface area contributed by atoms with Crippen molar-refractivity contribution in [2.45, 2.75) is 20.3 Å². The Morgan fingerprint density at radius 3 is 2.71 bits per heavy atom. The highest BCUT2D eigenvalue weighted by molar-refractivity contribution is 7.16. The van der Waals surface area contributed by atoms with E-state index in [1.807, 2.05) is 6.92 Å². The number of rotatable bonds is 5. The third-order valence-electron chi connectivity index (χ3n) is 2.69. The average molecular weight is 309 g/mol. The van der Waals surface area contributed by atoms with Gasteiger partial charge in [0.25, 0.3) is 5.91 Å². The van der Waals surface area contributed by atoms with Crippen molar-refractivity contribution in [2.24, 2.45) is 0 Å². The molecule has 3 N–H and O–H groups in total. The summed E-state index contributed by atoms with van der Waals surface area (Å²) in [6.07, 6.45) is 2.02. The second-order valence-corrected chi connectivity index (χ2v) is 5.28. The molecule has 2 aromatic rings. The van der Waals surface area contributed by atoms with Crippen LogP contribution in [0.1, 0.15) is 39.6 Å². The van der Waals surface area contributed by atoms with E-state index in [1.165, 1.54) is 17.5 Å². The van der Waals surface area contributed by atoms with E-state index in [2.05, 4.69) is 15.3 Å². The summed E-state index contributed by atoms with van der Waals surface area (Å²) in [5, 5.41) is 3.04. The molecule has 2 heterocycles. The minimum Gasteiger partial charge on any atom is -0.462 e. The SMILES string of the molecule is CCOC(=O)c1cc(CC)sc1NC(=O)c1c[nH]c(=O)[nH]1. The summed E-state index contributed by atoms with van der Waals surface area (Å²) in [6, 6.07) is 1.71. The smallest absolute Gasteiger partial charge is 0.341 e. The Hall–Kier alpha value is -2.35. The molecule has 0 aliphatic heterocycles. The number of ether oxygens (including phenoxy) is 1. The molecule has 0 saturated carbocycles. The van der Waals surface area contributed by atoms with E-state index in [4.69, 9.17) is 4.74 Å². The topological polar surface area (TPSA) is 104 Å². The third kappa shape index (κ3) is 3.40. The molecule has 0 aromatic carbocycles. The summed E-state index contributed by atoms with van der Waals surface area (Å²) in [5.41, 5.74) is -0.0441. The second-order valence-electron chi connectivity index (χ2n) is 4.14. The molecule has 8 heteroatoms. The number of anilines is 1. The van der Waals surface area contributed by atoms with Crippen LogP contribution in [0.3, 0.4) is 0 Å². The molecule has 2 rings (SSSR count). The van der Waals surface area contributed by atoms with Gasteiger partial charge in [-0.15, -0.1) is 11.3 Å². The molecule has 0 spiro atoms. The highest BCUT2D eigenvalue weighted by atomic mass is 32.1. The van der Waals surface area contributed by atoms with Crippen LogP contribution in [0.25, 0.3) is 0 Å². The minimum atomic E-state index is -0.497. The van der Waals surface area contributed by atoms with Gasteiger partial charge in [0, 0.05) is 11.1 Å². The summed E-state index contributed by atoms with van der Waals surface area (Å²) < 4.78 is 4.97. The van der Waals surface area contributed by atoms with Crippen LogP contribution in [0.15, 0.2) is 17.1 Å². The second kappa shape index (κ2) is 6.40. The summed E-state index contributed by atoms with van der Waals surface area (Å²) in [7, 11) is 0. The predicted molar refractivity (Wildman–Crippen MR) is 79.0 cm³/mol. The van der Waals surface area contributed by atoms with E-state index in [9.17, 15) is 14.4 Å². The highest BCUT2D eigenvalue weighted by Gasteiger charge is 2.19. The van der Waals surface area contributed by atoms with Gasteiger partial charge in [-0.05, 0) is 19.4 Å². The molecule has 2 aromatic heterocycles. The van der Waals surface area contributed by atoms with Gasteiger partial charge in [-0.2, -0.15) is 0 Å². The number of esters is 1. The largest absolute Gasteiger partial charge is 0.462 e. The van der Waals surface area contributed by atoms with Gasteiger partial charge in [0.2, 0.25) is 0 Å². The van der Waals surface area contributed by atoms with Crippen LogP contribution in [-0.2, 0) is 11.2 Å². The first-order valence-corrected chi connectivity index (χ1v) is 7.25.